The predicted octanol–water partition coefficient (Wildman–Crippen LogP) is 1.85. The molecule has 0 unspecified atom stereocenters. The minimum absolute atomic E-state index is 0.697. The molecule has 0 spiro atoms. The van der Waals surface area contributed by atoms with Gasteiger partial charge in [0.2, 0.25) is 0 Å². The van der Waals surface area contributed by atoms with Crippen molar-refractivity contribution in [1.29, 1.82) is 0 Å². The van der Waals surface area contributed by atoms with Crippen LogP contribution in [-0.2, 0) is 6.54 Å². The van der Waals surface area contributed by atoms with Crippen LogP contribution in [0.15, 0.2) is 42.9 Å². The topological polar surface area (TPSA) is 58.8 Å². The zero-order chi connectivity index (χ0) is 17.1. The standard InChI is InChI=1S/C18H22N6O/c1-2-25-17-6-4-3-5-15(17)13-22-7-9-23(10-8-22)16-11-18-21-19-14-24(18)20-12-16/h3-6,11-12,14H,2,7-10,13H2,1H3. The third kappa shape index (κ3) is 3.41. The summed E-state index contributed by atoms with van der Waals surface area (Å²) in [5, 5.41) is 12.3. The summed E-state index contributed by atoms with van der Waals surface area (Å²) in [6.45, 7) is 7.62. The Bertz CT molecular complexity index is 840. The van der Waals surface area contributed by atoms with Crippen molar-refractivity contribution >= 4 is 11.3 Å². The molecule has 25 heavy (non-hydrogen) atoms. The molecular formula is C18H22N6O. The van der Waals surface area contributed by atoms with E-state index in [1.165, 1.54) is 5.56 Å². The fourth-order valence-electron chi connectivity index (χ4n) is 3.22. The monoisotopic (exact) mass is 338 g/mol. The highest BCUT2D eigenvalue weighted by Crippen LogP contribution is 2.22. The van der Waals surface area contributed by atoms with Crippen LogP contribution in [0.2, 0.25) is 0 Å². The number of anilines is 1. The normalized spacial score (nSPS) is 15.6. The van der Waals surface area contributed by atoms with Crippen molar-refractivity contribution in [2.24, 2.45) is 0 Å². The SMILES string of the molecule is CCOc1ccccc1CN1CCN(c2cnn3cnnc3c2)CC1. The van der Waals surface area contributed by atoms with E-state index in [4.69, 9.17) is 4.74 Å². The van der Waals surface area contributed by atoms with E-state index in [1.807, 2.05) is 25.3 Å². The van der Waals surface area contributed by atoms with Crippen molar-refractivity contribution in [3.63, 3.8) is 0 Å². The number of benzene rings is 1. The molecule has 0 N–H and O–H groups in total. The summed E-state index contributed by atoms with van der Waals surface area (Å²) in [6.07, 6.45) is 3.50. The number of hydrogen-bond acceptors (Lipinski definition) is 6. The molecule has 0 saturated carbocycles. The Morgan fingerprint density at radius 3 is 2.80 bits per heavy atom. The van der Waals surface area contributed by atoms with Crippen LogP contribution in [0.1, 0.15) is 12.5 Å². The van der Waals surface area contributed by atoms with Gasteiger partial charge in [-0.3, -0.25) is 4.90 Å². The molecule has 0 amide bonds. The second kappa shape index (κ2) is 7.06. The van der Waals surface area contributed by atoms with Gasteiger partial charge in [-0.05, 0) is 13.0 Å². The lowest BCUT2D eigenvalue weighted by Gasteiger charge is -2.36. The fraction of sp³-hybridized carbons (Fsp3) is 0.389. The minimum atomic E-state index is 0.697. The van der Waals surface area contributed by atoms with Crippen molar-refractivity contribution in [3.05, 3.63) is 48.4 Å². The first-order valence-corrected chi connectivity index (χ1v) is 8.67. The first-order valence-electron chi connectivity index (χ1n) is 8.67. The van der Waals surface area contributed by atoms with E-state index in [0.29, 0.717) is 6.61 Å². The van der Waals surface area contributed by atoms with Gasteiger partial charge >= 0.3 is 0 Å². The Labute approximate surface area is 146 Å². The van der Waals surface area contributed by atoms with E-state index in [-0.39, 0.29) is 0 Å². The van der Waals surface area contributed by atoms with Crippen molar-refractivity contribution in [3.8, 4) is 5.75 Å². The Kier molecular flexibility index (Phi) is 4.47. The number of nitrogens with zero attached hydrogens (tertiary/aromatic N) is 6. The first kappa shape index (κ1) is 15.8. The summed E-state index contributed by atoms with van der Waals surface area (Å²) in [5.41, 5.74) is 3.14. The summed E-state index contributed by atoms with van der Waals surface area (Å²) < 4.78 is 7.43. The molecule has 1 aliphatic rings. The van der Waals surface area contributed by atoms with Crippen LogP contribution in [0.5, 0.6) is 5.75 Å². The number of para-hydroxylation sites is 1. The number of ether oxygens (including phenoxy) is 1. The Morgan fingerprint density at radius 1 is 1.12 bits per heavy atom. The molecule has 130 valence electrons. The molecule has 0 aliphatic carbocycles. The van der Waals surface area contributed by atoms with Gasteiger partial charge in [0, 0.05) is 44.4 Å². The molecule has 0 atom stereocenters. The van der Waals surface area contributed by atoms with Crippen LogP contribution < -0.4 is 9.64 Å². The van der Waals surface area contributed by atoms with Crippen LogP contribution in [0.4, 0.5) is 5.69 Å². The van der Waals surface area contributed by atoms with Crippen LogP contribution in [0.3, 0.4) is 0 Å². The van der Waals surface area contributed by atoms with Gasteiger partial charge in [-0.1, -0.05) is 18.2 Å². The second-order valence-electron chi connectivity index (χ2n) is 6.15. The van der Waals surface area contributed by atoms with E-state index >= 15 is 0 Å². The maximum absolute atomic E-state index is 5.74. The molecule has 1 fully saturated rings. The largest absolute Gasteiger partial charge is 0.494 e. The molecule has 1 aliphatic heterocycles. The lowest BCUT2D eigenvalue weighted by molar-refractivity contribution is 0.243. The molecule has 1 aromatic carbocycles. The van der Waals surface area contributed by atoms with E-state index in [2.05, 4.69) is 43.3 Å². The van der Waals surface area contributed by atoms with Gasteiger partial charge in [-0.15, -0.1) is 10.2 Å². The van der Waals surface area contributed by atoms with Crippen LogP contribution in [-0.4, -0.2) is 57.5 Å². The Hall–Kier alpha value is -2.67. The summed E-state index contributed by atoms with van der Waals surface area (Å²) in [4.78, 5) is 4.82. The summed E-state index contributed by atoms with van der Waals surface area (Å²) in [7, 11) is 0. The molecule has 1 saturated heterocycles. The predicted molar refractivity (Wildman–Crippen MR) is 95.9 cm³/mol. The molecule has 7 heteroatoms. The van der Waals surface area contributed by atoms with Crippen LogP contribution >= 0.6 is 0 Å². The lowest BCUT2D eigenvalue weighted by atomic mass is 10.1. The van der Waals surface area contributed by atoms with Gasteiger partial charge in [0.15, 0.2) is 5.65 Å². The average Bonchev–Trinajstić information content (AvgIpc) is 3.12. The van der Waals surface area contributed by atoms with E-state index in [1.54, 1.807) is 10.8 Å². The molecule has 3 aromatic rings. The highest BCUT2D eigenvalue weighted by Gasteiger charge is 2.19. The zero-order valence-electron chi connectivity index (χ0n) is 14.4. The first-order chi connectivity index (χ1) is 12.3. The molecule has 7 nitrogen and oxygen atoms in total. The second-order valence-corrected chi connectivity index (χ2v) is 6.15. The highest BCUT2D eigenvalue weighted by atomic mass is 16.5. The number of piperazine rings is 1. The molecular weight excluding hydrogens is 316 g/mol. The Morgan fingerprint density at radius 2 is 1.96 bits per heavy atom. The van der Waals surface area contributed by atoms with E-state index < -0.39 is 0 Å². The maximum atomic E-state index is 5.74. The number of hydrogen-bond donors (Lipinski definition) is 0. The van der Waals surface area contributed by atoms with E-state index in [9.17, 15) is 0 Å². The van der Waals surface area contributed by atoms with Crippen molar-refractivity contribution in [2.75, 3.05) is 37.7 Å². The Balaban J connectivity index is 1.40. The number of aromatic nitrogens is 4. The summed E-state index contributed by atoms with van der Waals surface area (Å²) >= 11 is 0. The fourth-order valence-corrected chi connectivity index (χ4v) is 3.22. The average molecular weight is 338 g/mol. The lowest BCUT2D eigenvalue weighted by Crippen LogP contribution is -2.46. The van der Waals surface area contributed by atoms with Crippen LogP contribution in [0.25, 0.3) is 5.65 Å². The summed E-state index contributed by atoms with van der Waals surface area (Å²) in [5.74, 6) is 0.994. The molecule has 0 radical (unpaired) electrons. The van der Waals surface area contributed by atoms with Crippen molar-refractivity contribution < 1.29 is 4.74 Å². The smallest absolute Gasteiger partial charge is 0.179 e. The van der Waals surface area contributed by atoms with Gasteiger partial charge in [0.05, 0.1) is 18.5 Å². The van der Waals surface area contributed by atoms with Crippen molar-refractivity contribution in [2.45, 2.75) is 13.5 Å². The van der Waals surface area contributed by atoms with Crippen molar-refractivity contribution in [1.82, 2.24) is 24.7 Å². The molecule has 4 rings (SSSR count). The summed E-state index contributed by atoms with van der Waals surface area (Å²) in [6, 6.07) is 10.3. The van der Waals surface area contributed by atoms with Gasteiger partial charge in [-0.2, -0.15) is 5.10 Å². The zero-order valence-corrected chi connectivity index (χ0v) is 14.4. The minimum Gasteiger partial charge on any atom is -0.494 e. The quantitative estimate of drug-likeness (QED) is 0.708. The van der Waals surface area contributed by atoms with Gasteiger partial charge < -0.3 is 9.64 Å². The molecule has 2 aromatic heterocycles. The molecule has 3 heterocycles. The third-order valence-electron chi connectivity index (χ3n) is 4.55. The third-order valence-corrected chi connectivity index (χ3v) is 4.55. The van der Waals surface area contributed by atoms with Gasteiger partial charge in [0.25, 0.3) is 0 Å². The van der Waals surface area contributed by atoms with Crippen LogP contribution in [0, 0.1) is 0 Å². The van der Waals surface area contributed by atoms with E-state index in [0.717, 1.165) is 49.8 Å². The van der Waals surface area contributed by atoms with Gasteiger partial charge in [-0.25, -0.2) is 4.52 Å². The number of fused-ring (bicyclic) bond motifs is 1. The highest BCUT2D eigenvalue weighted by molar-refractivity contribution is 5.53. The number of rotatable bonds is 5. The maximum Gasteiger partial charge on any atom is 0.179 e. The van der Waals surface area contributed by atoms with Gasteiger partial charge in [0.1, 0.15) is 12.1 Å². The molecule has 0 bridgehead atoms.